The third kappa shape index (κ3) is 8.55. The van der Waals surface area contributed by atoms with Gasteiger partial charge in [0.25, 0.3) is 0 Å². The summed E-state index contributed by atoms with van der Waals surface area (Å²) in [6.45, 7) is 4.03. The monoisotopic (exact) mass is 584 g/mol. The molecule has 0 fully saturated rings. The van der Waals surface area contributed by atoms with Gasteiger partial charge in [0.2, 0.25) is 11.8 Å². The highest BCUT2D eigenvalue weighted by Crippen LogP contribution is 2.22. The van der Waals surface area contributed by atoms with Gasteiger partial charge in [0.15, 0.2) is 0 Å². The molecule has 0 aliphatic carbocycles. The number of para-hydroxylation sites is 1. The summed E-state index contributed by atoms with van der Waals surface area (Å²) in [7, 11) is -1.19. The van der Waals surface area contributed by atoms with Crippen LogP contribution in [0.5, 0.6) is 0 Å². The predicted molar refractivity (Wildman–Crippen MR) is 160 cm³/mol. The Morgan fingerprint density at radius 2 is 1.43 bits per heavy atom. The minimum atomic E-state index is -4.02. The van der Waals surface area contributed by atoms with Crippen LogP contribution in [0, 0.1) is 5.92 Å². The van der Waals surface area contributed by atoms with E-state index in [9.17, 15) is 18.0 Å². The number of nitrogens with one attached hydrogen (secondary N) is 1. The van der Waals surface area contributed by atoms with Crippen molar-refractivity contribution in [1.29, 1.82) is 0 Å². The van der Waals surface area contributed by atoms with E-state index in [1.807, 2.05) is 44.2 Å². The maximum atomic E-state index is 14.1. The van der Waals surface area contributed by atoms with Gasteiger partial charge < -0.3 is 10.2 Å². The normalized spacial score (nSPS) is 12.3. The molecule has 0 spiro atoms. The molecule has 0 saturated carbocycles. The standard InChI is InChI=1S/C30H37ClN4O4S/c1-23(2)20-32-30(37)28(19-24-11-7-5-8-12-24)34(21-25-15-17-26(31)18-16-25)29(36)22-35(40(38,39)33(3)4)27-13-9-6-10-14-27/h5-18,23,28H,19-22H2,1-4H3,(H,32,37). The average molecular weight is 585 g/mol. The molecule has 1 unspecified atom stereocenters. The highest BCUT2D eigenvalue weighted by molar-refractivity contribution is 7.90. The maximum absolute atomic E-state index is 14.1. The first-order valence-corrected chi connectivity index (χ1v) is 14.9. The van der Waals surface area contributed by atoms with Crippen molar-refractivity contribution >= 4 is 39.3 Å². The number of hydrogen-bond donors (Lipinski definition) is 1. The molecular weight excluding hydrogens is 548 g/mol. The zero-order valence-corrected chi connectivity index (χ0v) is 24.9. The zero-order valence-electron chi connectivity index (χ0n) is 23.3. The lowest BCUT2D eigenvalue weighted by Crippen LogP contribution is -2.54. The van der Waals surface area contributed by atoms with Gasteiger partial charge in [-0.1, -0.05) is 86.1 Å². The van der Waals surface area contributed by atoms with E-state index in [4.69, 9.17) is 11.6 Å². The summed E-state index contributed by atoms with van der Waals surface area (Å²) in [5, 5.41) is 3.52. The van der Waals surface area contributed by atoms with Crippen LogP contribution in [0.3, 0.4) is 0 Å². The fraction of sp³-hybridized carbons (Fsp3) is 0.333. The summed E-state index contributed by atoms with van der Waals surface area (Å²) >= 11 is 6.10. The topological polar surface area (TPSA) is 90.0 Å². The van der Waals surface area contributed by atoms with Gasteiger partial charge >= 0.3 is 10.2 Å². The Bertz CT molecular complexity index is 1350. The van der Waals surface area contributed by atoms with Gasteiger partial charge in [0, 0.05) is 38.6 Å². The molecule has 0 aromatic heterocycles. The molecule has 0 saturated heterocycles. The first kappa shape index (κ1) is 31.1. The van der Waals surface area contributed by atoms with Gasteiger partial charge in [-0.05, 0) is 41.3 Å². The Morgan fingerprint density at radius 1 is 0.850 bits per heavy atom. The summed E-state index contributed by atoms with van der Waals surface area (Å²) in [5.41, 5.74) is 1.98. The first-order valence-electron chi connectivity index (χ1n) is 13.1. The predicted octanol–water partition coefficient (Wildman–Crippen LogP) is 4.37. The van der Waals surface area contributed by atoms with E-state index in [1.54, 1.807) is 54.6 Å². The highest BCUT2D eigenvalue weighted by Gasteiger charge is 2.34. The molecule has 1 N–H and O–H groups in total. The number of anilines is 1. The van der Waals surface area contributed by atoms with Gasteiger partial charge in [0.05, 0.1) is 5.69 Å². The van der Waals surface area contributed by atoms with Crippen LogP contribution < -0.4 is 9.62 Å². The van der Waals surface area contributed by atoms with Crippen LogP contribution >= 0.6 is 11.6 Å². The van der Waals surface area contributed by atoms with Crippen molar-refractivity contribution in [3.8, 4) is 0 Å². The quantitative estimate of drug-likeness (QED) is 0.323. The van der Waals surface area contributed by atoms with Crippen molar-refractivity contribution < 1.29 is 18.0 Å². The zero-order chi connectivity index (χ0) is 29.3. The summed E-state index contributed by atoms with van der Waals surface area (Å²) in [6.07, 6.45) is 0.260. The second-order valence-corrected chi connectivity index (χ2v) is 12.6. The fourth-order valence-corrected chi connectivity index (χ4v) is 5.26. The molecule has 8 nitrogen and oxygen atoms in total. The Labute approximate surface area is 242 Å². The van der Waals surface area contributed by atoms with Crippen molar-refractivity contribution in [1.82, 2.24) is 14.5 Å². The van der Waals surface area contributed by atoms with E-state index in [-0.39, 0.29) is 24.8 Å². The van der Waals surface area contributed by atoms with Crippen molar-refractivity contribution in [2.75, 3.05) is 31.5 Å². The number of halogens is 1. The van der Waals surface area contributed by atoms with Crippen molar-refractivity contribution in [3.63, 3.8) is 0 Å². The van der Waals surface area contributed by atoms with Crippen LogP contribution in [0.2, 0.25) is 5.02 Å². The van der Waals surface area contributed by atoms with Gasteiger partial charge in [-0.3, -0.25) is 9.59 Å². The van der Waals surface area contributed by atoms with Gasteiger partial charge in [-0.15, -0.1) is 0 Å². The van der Waals surface area contributed by atoms with Gasteiger partial charge in [-0.2, -0.15) is 12.7 Å². The van der Waals surface area contributed by atoms with Crippen LogP contribution in [-0.4, -0.2) is 62.7 Å². The number of hydrogen-bond acceptors (Lipinski definition) is 4. The van der Waals surface area contributed by atoms with Crippen LogP contribution in [0.4, 0.5) is 5.69 Å². The average Bonchev–Trinajstić information content (AvgIpc) is 2.94. The molecule has 3 rings (SSSR count). The van der Waals surface area contributed by atoms with Crippen molar-refractivity contribution in [2.45, 2.75) is 32.9 Å². The molecule has 3 aromatic carbocycles. The Kier molecular flexibility index (Phi) is 11.1. The van der Waals surface area contributed by atoms with E-state index >= 15 is 0 Å². The Hall–Kier alpha value is -3.40. The number of carbonyl (C=O) groups excluding carboxylic acids is 2. The molecule has 10 heteroatoms. The van der Waals surface area contributed by atoms with E-state index in [2.05, 4.69) is 5.32 Å². The van der Waals surface area contributed by atoms with E-state index in [1.165, 1.54) is 19.0 Å². The summed E-state index contributed by atoms with van der Waals surface area (Å²) in [6, 6.07) is 24.0. The van der Waals surface area contributed by atoms with E-state index in [0.29, 0.717) is 17.3 Å². The highest BCUT2D eigenvalue weighted by atomic mass is 35.5. The molecule has 0 radical (unpaired) electrons. The second-order valence-electron chi connectivity index (χ2n) is 10.1. The molecule has 3 aromatic rings. The third-order valence-corrected chi connectivity index (χ3v) is 8.36. The summed E-state index contributed by atoms with van der Waals surface area (Å²) < 4.78 is 28.8. The number of benzene rings is 3. The lowest BCUT2D eigenvalue weighted by atomic mass is 10.0. The lowest BCUT2D eigenvalue weighted by Gasteiger charge is -2.34. The Balaban J connectivity index is 2.06. The first-order chi connectivity index (χ1) is 19.0. The SMILES string of the molecule is CC(C)CNC(=O)C(Cc1ccccc1)N(Cc1ccc(Cl)cc1)C(=O)CN(c1ccccc1)S(=O)(=O)N(C)C. The van der Waals surface area contributed by atoms with Gasteiger partial charge in [0.1, 0.15) is 12.6 Å². The van der Waals surface area contributed by atoms with Gasteiger partial charge in [-0.25, -0.2) is 4.31 Å². The smallest absolute Gasteiger partial charge is 0.304 e. The molecule has 214 valence electrons. The molecular formula is C30H37ClN4O4S. The molecule has 1 atom stereocenters. The van der Waals surface area contributed by atoms with E-state index < -0.39 is 28.7 Å². The third-order valence-electron chi connectivity index (χ3n) is 6.28. The number of carbonyl (C=O) groups is 2. The minimum Gasteiger partial charge on any atom is -0.354 e. The maximum Gasteiger partial charge on any atom is 0.304 e. The Morgan fingerprint density at radius 3 is 1.98 bits per heavy atom. The second kappa shape index (κ2) is 14.3. The lowest BCUT2D eigenvalue weighted by molar-refractivity contribution is -0.140. The number of nitrogens with zero attached hydrogens (tertiary/aromatic N) is 3. The van der Waals surface area contributed by atoms with Crippen LogP contribution in [-0.2, 0) is 32.8 Å². The molecule has 40 heavy (non-hydrogen) atoms. The van der Waals surface area contributed by atoms with Crippen molar-refractivity contribution in [2.24, 2.45) is 5.92 Å². The largest absolute Gasteiger partial charge is 0.354 e. The van der Waals surface area contributed by atoms with Crippen LogP contribution in [0.25, 0.3) is 0 Å². The molecule has 0 aliphatic rings. The van der Waals surface area contributed by atoms with E-state index in [0.717, 1.165) is 19.7 Å². The number of rotatable bonds is 13. The molecule has 0 aliphatic heterocycles. The van der Waals surface area contributed by atoms with Crippen LogP contribution in [0.15, 0.2) is 84.9 Å². The van der Waals surface area contributed by atoms with Crippen molar-refractivity contribution in [3.05, 3.63) is 101 Å². The molecule has 0 bridgehead atoms. The summed E-state index contributed by atoms with van der Waals surface area (Å²) in [4.78, 5) is 29.2. The van der Waals surface area contributed by atoms with Crippen LogP contribution in [0.1, 0.15) is 25.0 Å². The molecule has 2 amide bonds. The number of amides is 2. The summed E-state index contributed by atoms with van der Waals surface area (Å²) in [5.74, 6) is -0.605. The molecule has 0 heterocycles. The minimum absolute atomic E-state index is 0.0905. The fourth-order valence-electron chi connectivity index (χ4n) is 4.07.